The number of unbranched alkanes of at least 4 members (excludes halogenated alkanes) is 7. The van der Waals surface area contributed by atoms with Gasteiger partial charge in [0, 0.05) is 13.7 Å². The molecule has 0 aromatic carbocycles. The van der Waals surface area contributed by atoms with Crippen molar-refractivity contribution in [2.24, 2.45) is 0 Å². The quantitative estimate of drug-likeness (QED) is 0.384. The highest BCUT2D eigenvalue weighted by atomic mass is 16.3. The van der Waals surface area contributed by atoms with Crippen LogP contribution in [0.3, 0.4) is 0 Å². The van der Waals surface area contributed by atoms with Crippen LogP contribution in [0.1, 0.15) is 86.0 Å². The highest BCUT2D eigenvalue weighted by Crippen LogP contribution is 2.12. The molecule has 0 amide bonds. The van der Waals surface area contributed by atoms with Crippen LogP contribution in [0.25, 0.3) is 0 Å². The van der Waals surface area contributed by atoms with E-state index in [1.54, 1.807) is 0 Å². The number of hydrogen-bond donors (Lipinski definition) is 2. The van der Waals surface area contributed by atoms with E-state index in [9.17, 15) is 0 Å². The largest absolute Gasteiger partial charge is 0.400 e. The lowest BCUT2D eigenvalue weighted by Gasteiger charge is -2.35. The maximum atomic E-state index is 8.68. The molecule has 0 saturated carbocycles. The summed E-state index contributed by atoms with van der Waals surface area (Å²) in [5, 5.41) is 15.7. The average molecular weight is 321 g/mol. The number of nitrogens with zero attached hydrogens (tertiary/aromatic N) is 1. The molecule has 0 radical (unpaired) electrons. The van der Waals surface area contributed by atoms with Crippen molar-refractivity contribution in [1.29, 1.82) is 0 Å². The van der Waals surface area contributed by atoms with Crippen molar-refractivity contribution in [1.82, 2.24) is 0 Å². The fraction of sp³-hybridized carbons (Fsp3) is 1.00. The van der Waals surface area contributed by atoms with Crippen molar-refractivity contribution < 1.29 is 14.7 Å². The van der Waals surface area contributed by atoms with E-state index in [2.05, 4.69) is 20.8 Å². The van der Waals surface area contributed by atoms with Gasteiger partial charge in [-0.3, -0.25) is 0 Å². The first-order valence-electron chi connectivity index (χ1n) is 9.65. The Morgan fingerprint density at radius 1 is 0.591 bits per heavy atom. The molecular weight excluding hydrogens is 274 g/mol. The third-order valence-electron chi connectivity index (χ3n) is 4.55. The second kappa shape index (κ2) is 23.2. The minimum absolute atomic E-state index is 0.366. The van der Waals surface area contributed by atoms with Crippen LogP contribution in [0, 0.1) is 0 Å². The molecule has 0 aliphatic heterocycles. The molecule has 0 aliphatic carbocycles. The smallest absolute Gasteiger partial charge is 0.0786 e. The normalized spacial score (nSPS) is 10.4. The predicted molar refractivity (Wildman–Crippen MR) is 100 cm³/mol. The van der Waals surface area contributed by atoms with Crippen molar-refractivity contribution in [2.75, 3.05) is 39.9 Å². The molecule has 0 bridgehead atoms. The fourth-order valence-corrected chi connectivity index (χ4v) is 2.76. The molecule has 0 aliphatic rings. The van der Waals surface area contributed by atoms with Gasteiger partial charge in [-0.25, -0.2) is 0 Å². The van der Waals surface area contributed by atoms with Crippen LogP contribution >= 0.6 is 0 Å². The summed E-state index contributed by atoms with van der Waals surface area (Å²) in [6.07, 6.45) is 10.4. The van der Waals surface area contributed by atoms with Gasteiger partial charge in [0.15, 0.2) is 0 Å². The fourth-order valence-electron chi connectivity index (χ4n) is 2.76. The molecule has 0 aromatic rings. The molecule has 0 rings (SSSR count). The Hall–Kier alpha value is -0.120. The first-order valence-corrected chi connectivity index (χ1v) is 9.65. The SMILES string of the molecule is CC.CC[N+](CC)(CC)CCCCCCCCCCO.CO. The maximum absolute atomic E-state index is 8.68. The molecule has 3 heteroatoms. The third kappa shape index (κ3) is 16.3. The summed E-state index contributed by atoms with van der Waals surface area (Å²) < 4.78 is 1.30. The van der Waals surface area contributed by atoms with Gasteiger partial charge in [-0.05, 0) is 40.0 Å². The van der Waals surface area contributed by atoms with Crippen LogP contribution in [0.15, 0.2) is 0 Å². The molecule has 138 valence electrons. The Labute approximate surface area is 141 Å². The first-order chi connectivity index (χ1) is 10.7. The number of aliphatic hydroxyl groups is 2. The molecule has 0 heterocycles. The minimum Gasteiger partial charge on any atom is -0.400 e. The Kier molecular flexibility index (Phi) is 28.2. The third-order valence-corrected chi connectivity index (χ3v) is 4.55. The van der Waals surface area contributed by atoms with E-state index in [4.69, 9.17) is 10.2 Å². The van der Waals surface area contributed by atoms with Gasteiger partial charge in [0.05, 0.1) is 26.2 Å². The lowest BCUT2D eigenvalue weighted by molar-refractivity contribution is -0.923. The van der Waals surface area contributed by atoms with E-state index in [-0.39, 0.29) is 0 Å². The zero-order chi connectivity index (χ0) is 17.7. The van der Waals surface area contributed by atoms with Gasteiger partial charge in [0.2, 0.25) is 0 Å². The molecular formula is C19H46NO2+. The molecule has 0 unspecified atom stereocenters. The van der Waals surface area contributed by atoms with Gasteiger partial charge in [-0.15, -0.1) is 0 Å². The van der Waals surface area contributed by atoms with Crippen molar-refractivity contribution in [2.45, 2.75) is 86.0 Å². The van der Waals surface area contributed by atoms with Crippen molar-refractivity contribution in [3.63, 3.8) is 0 Å². The summed E-state index contributed by atoms with van der Waals surface area (Å²) in [6.45, 7) is 16.6. The highest BCUT2D eigenvalue weighted by Gasteiger charge is 2.19. The zero-order valence-electron chi connectivity index (χ0n) is 16.5. The van der Waals surface area contributed by atoms with Crippen LogP contribution in [0.4, 0.5) is 0 Å². The lowest BCUT2D eigenvalue weighted by Crippen LogP contribution is -2.48. The van der Waals surface area contributed by atoms with Crippen LogP contribution in [-0.2, 0) is 0 Å². The number of hydrogen-bond acceptors (Lipinski definition) is 2. The van der Waals surface area contributed by atoms with Crippen LogP contribution in [-0.4, -0.2) is 54.6 Å². The molecule has 0 atom stereocenters. The zero-order valence-corrected chi connectivity index (χ0v) is 16.5. The second-order valence-corrected chi connectivity index (χ2v) is 5.57. The van der Waals surface area contributed by atoms with Gasteiger partial charge in [0.25, 0.3) is 0 Å². The van der Waals surface area contributed by atoms with Gasteiger partial charge < -0.3 is 14.7 Å². The van der Waals surface area contributed by atoms with Gasteiger partial charge >= 0.3 is 0 Å². The molecule has 3 nitrogen and oxygen atoms in total. The lowest BCUT2D eigenvalue weighted by atomic mass is 10.1. The summed E-state index contributed by atoms with van der Waals surface area (Å²) in [7, 11) is 1.00. The maximum Gasteiger partial charge on any atom is 0.0786 e. The summed E-state index contributed by atoms with van der Waals surface area (Å²) >= 11 is 0. The first kappa shape index (κ1) is 26.8. The number of quaternary nitrogens is 1. The number of aliphatic hydroxyl groups excluding tert-OH is 2. The molecule has 0 spiro atoms. The Morgan fingerprint density at radius 3 is 1.23 bits per heavy atom. The monoisotopic (exact) mass is 320 g/mol. The van der Waals surface area contributed by atoms with Crippen molar-refractivity contribution in [3.05, 3.63) is 0 Å². The predicted octanol–water partition coefficient (Wildman–Crippen LogP) is 4.61. The van der Waals surface area contributed by atoms with Gasteiger partial charge in [-0.1, -0.05) is 46.0 Å². The minimum atomic E-state index is 0.366. The molecule has 0 fully saturated rings. The van der Waals surface area contributed by atoms with E-state index in [0.717, 1.165) is 13.5 Å². The molecule has 0 saturated heterocycles. The van der Waals surface area contributed by atoms with E-state index in [1.807, 2.05) is 13.8 Å². The van der Waals surface area contributed by atoms with Crippen LogP contribution < -0.4 is 0 Å². The molecule has 2 N–H and O–H groups in total. The highest BCUT2D eigenvalue weighted by molar-refractivity contribution is 4.47. The molecule has 0 aromatic heterocycles. The van der Waals surface area contributed by atoms with E-state index >= 15 is 0 Å². The average Bonchev–Trinajstić information content (AvgIpc) is 2.61. The van der Waals surface area contributed by atoms with Crippen molar-refractivity contribution >= 4 is 0 Å². The Morgan fingerprint density at radius 2 is 0.909 bits per heavy atom. The van der Waals surface area contributed by atoms with Gasteiger partial charge in [0.1, 0.15) is 0 Å². The topological polar surface area (TPSA) is 40.5 Å². The van der Waals surface area contributed by atoms with Crippen molar-refractivity contribution in [3.8, 4) is 0 Å². The molecule has 22 heavy (non-hydrogen) atoms. The summed E-state index contributed by atoms with van der Waals surface area (Å²) in [5.41, 5.74) is 0. The Balaban J connectivity index is -0.000000826. The second-order valence-electron chi connectivity index (χ2n) is 5.57. The van der Waals surface area contributed by atoms with Gasteiger partial charge in [-0.2, -0.15) is 0 Å². The van der Waals surface area contributed by atoms with Crippen LogP contribution in [0.5, 0.6) is 0 Å². The summed E-state index contributed by atoms with van der Waals surface area (Å²) in [6, 6.07) is 0. The van der Waals surface area contributed by atoms with E-state index in [1.165, 1.54) is 75.6 Å². The standard InChI is InChI=1S/C16H36NO.C2H6.CH4O/c1-4-17(5-2,6-3)15-13-11-9-7-8-10-12-14-16-18;2*1-2/h18H,4-16H2,1-3H3;1-2H3;2H,1H3/q+1;;. The van der Waals surface area contributed by atoms with E-state index in [0.29, 0.717) is 6.61 Å². The summed E-state index contributed by atoms with van der Waals surface area (Å²) in [5.74, 6) is 0. The summed E-state index contributed by atoms with van der Waals surface area (Å²) in [4.78, 5) is 0. The Bertz CT molecular complexity index is 163. The number of rotatable bonds is 13. The van der Waals surface area contributed by atoms with E-state index < -0.39 is 0 Å². The van der Waals surface area contributed by atoms with Crippen LogP contribution in [0.2, 0.25) is 0 Å².